The Labute approximate surface area is 119 Å². The molecule has 0 saturated carbocycles. The summed E-state index contributed by atoms with van der Waals surface area (Å²) in [5, 5.41) is 9.21. The van der Waals surface area contributed by atoms with Crippen molar-refractivity contribution in [3.8, 4) is 5.75 Å². The van der Waals surface area contributed by atoms with E-state index in [0.717, 1.165) is 9.13 Å². The monoisotopic (exact) mass is 358 g/mol. The third kappa shape index (κ3) is 3.20. The average Bonchev–Trinajstić information content (AvgIpc) is 2.38. The van der Waals surface area contributed by atoms with Crippen molar-refractivity contribution in [2.45, 2.75) is 13.2 Å². The van der Waals surface area contributed by atoms with Gasteiger partial charge in [-0.2, -0.15) is 0 Å². The third-order valence-corrected chi connectivity index (χ3v) is 3.10. The van der Waals surface area contributed by atoms with Gasteiger partial charge in [-0.05, 0) is 40.3 Å². The second kappa shape index (κ2) is 6.15. The second-order valence-electron chi connectivity index (χ2n) is 3.81. The van der Waals surface area contributed by atoms with E-state index in [4.69, 9.17) is 4.74 Å². The van der Waals surface area contributed by atoms with Crippen LogP contribution < -0.4 is 4.74 Å². The van der Waals surface area contributed by atoms with Gasteiger partial charge >= 0.3 is 0 Å². The molecule has 0 aliphatic rings. The van der Waals surface area contributed by atoms with Gasteiger partial charge in [-0.1, -0.05) is 30.3 Å². The highest BCUT2D eigenvalue weighted by molar-refractivity contribution is 14.1. The van der Waals surface area contributed by atoms with Crippen LogP contribution in [0.25, 0.3) is 0 Å². The zero-order valence-corrected chi connectivity index (χ0v) is 11.7. The van der Waals surface area contributed by atoms with Crippen LogP contribution in [0.15, 0.2) is 42.5 Å². The van der Waals surface area contributed by atoms with Gasteiger partial charge in [-0.25, -0.2) is 4.39 Å². The molecule has 2 aromatic carbocycles. The minimum absolute atomic E-state index is 0.127. The first kappa shape index (κ1) is 13.3. The molecule has 0 unspecified atom stereocenters. The van der Waals surface area contributed by atoms with E-state index < -0.39 is 5.82 Å². The molecule has 1 N–H and O–H groups in total. The SMILES string of the molecule is OCc1cc(I)cc(F)c1OCc1ccccc1. The molecule has 0 fully saturated rings. The van der Waals surface area contributed by atoms with Gasteiger partial charge in [0.25, 0.3) is 0 Å². The van der Waals surface area contributed by atoms with Crippen LogP contribution in [-0.4, -0.2) is 5.11 Å². The van der Waals surface area contributed by atoms with Crippen LogP contribution in [-0.2, 0) is 13.2 Å². The summed E-state index contributed by atoms with van der Waals surface area (Å²) in [5.41, 5.74) is 1.43. The Balaban J connectivity index is 2.19. The molecule has 2 aromatic rings. The van der Waals surface area contributed by atoms with E-state index in [0.29, 0.717) is 5.56 Å². The largest absolute Gasteiger partial charge is 0.485 e. The molecule has 0 aliphatic heterocycles. The minimum Gasteiger partial charge on any atom is -0.485 e. The number of benzene rings is 2. The van der Waals surface area contributed by atoms with Gasteiger partial charge < -0.3 is 9.84 Å². The summed E-state index contributed by atoms with van der Waals surface area (Å²) >= 11 is 2.00. The van der Waals surface area contributed by atoms with E-state index in [1.807, 2.05) is 52.9 Å². The molecule has 0 aromatic heterocycles. The summed E-state index contributed by atoms with van der Waals surface area (Å²) in [6.45, 7) is 0.0449. The highest BCUT2D eigenvalue weighted by atomic mass is 127. The molecule has 18 heavy (non-hydrogen) atoms. The summed E-state index contributed by atoms with van der Waals surface area (Å²) in [5.74, 6) is -0.316. The normalized spacial score (nSPS) is 10.4. The fourth-order valence-electron chi connectivity index (χ4n) is 1.62. The zero-order valence-electron chi connectivity index (χ0n) is 9.57. The maximum Gasteiger partial charge on any atom is 0.166 e. The van der Waals surface area contributed by atoms with E-state index >= 15 is 0 Å². The predicted octanol–water partition coefficient (Wildman–Crippen LogP) is 3.50. The molecule has 2 nitrogen and oxygen atoms in total. The van der Waals surface area contributed by atoms with Crippen LogP contribution in [0.5, 0.6) is 5.75 Å². The van der Waals surface area contributed by atoms with Crippen LogP contribution in [0.4, 0.5) is 4.39 Å². The number of halogens is 2. The summed E-state index contributed by atoms with van der Waals surface area (Å²) < 4.78 is 20.0. The second-order valence-corrected chi connectivity index (χ2v) is 5.05. The van der Waals surface area contributed by atoms with Gasteiger partial charge in [0.2, 0.25) is 0 Å². The highest BCUT2D eigenvalue weighted by Crippen LogP contribution is 2.26. The van der Waals surface area contributed by atoms with E-state index in [-0.39, 0.29) is 19.0 Å². The fourth-order valence-corrected chi connectivity index (χ4v) is 2.27. The number of rotatable bonds is 4. The molecule has 0 saturated heterocycles. The van der Waals surface area contributed by atoms with Crippen molar-refractivity contribution in [2.75, 3.05) is 0 Å². The van der Waals surface area contributed by atoms with Crippen molar-refractivity contribution in [1.82, 2.24) is 0 Å². The molecular formula is C14H12FIO2. The standard InChI is InChI=1S/C14H12FIO2/c15-13-7-12(16)6-11(8-17)14(13)18-9-10-4-2-1-3-5-10/h1-7,17H,8-9H2. The van der Waals surface area contributed by atoms with Gasteiger partial charge in [-0.15, -0.1) is 0 Å². The van der Waals surface area contributed by atoms with E-state index in [1.165, 1.54) is 6.07 Å². The van der Waals surface area contributed by atoms with E-state index in [1.54, 1.807) is 6.07 Å². The number of hydrogen-bond acceptors (Lipinski definition) is 2. The number of ether oxygens (including phenoxy) is 1. The van der Waals surface area contributed by atoms with Crippen molar-refractivity contribution < 1.29 is 14.2 Å². The lowest BCUT2D eigenvalue weighted by atomic mass is 10.2. The van der Waals surface area contributed by atoms with Crippen molar-refractivity contribution >= 4 is 22.6 Å². The number of aliphatic hydroxyl groups excluding tert-OH is 1. The molecule has 0 amide bonds. The van der Waals surface area contributed by atoms with E-state index in [2.05, 4.69) is 0 Å². The van der Waals surface area contributed by atoms with Gasteiger partial charge in [0.15, 0.2) is 11.6 Å². The zero-order chi connectivity index (χ0) is 13.0. The summed E-state index contributed by atoms with van der Waals surface area (Å²) in [6, 6.07) is 12.6. The van der Waals surface area contributed by atoms with Gasteiger partial charge in [-0.3, -0.25) is 0 Å². The molecular weight excluding hydrogens is 346 g/mol. The first-order chi connectivity index (χ1) is 8.70. The fraction of sp³-hybridized carbons (Fsp3) is 0.143. The van der Waals surface area contributed by atoms with Crippen LogP contribution in [0.1, 0.15) is 11.1 Å². The van der Waals surface area contributed by atoms with Crippen LogP contribution in [0, 0.1) is 9.39 Å². The highest BCUT2D eigenvalue weighted by Gasteiger charge is 2.11. The Morgan fingerprint density at radius 2 is 1.89 bits per heavy atom. The quantitative estimate of drug-likeness (QED) is 0.848. The van der Waals surface area contributed by atoms with Gasteiger partial charge in [0.05, 0.1) is 6.61 Å². The van der Waals surface area contributed by atoms with Gasteiger partial charge in [0, 0.05) is 9.13 Å². The first-order valence-corrected chi connectivity index (χ1v) is 6.54. The Bertz CT molecular complexity index is 529. The third-order valence-electron chi connectivity index (χ3n) is 2.48. The number of aliphatic hydroxyl groups is 1. The molecule has 0 radical (unpaired) electrons. The van der Waals surface area contributed by atoms with Crippen molar-refractivity contribution in [2.24, 2.45) is 0 Å². The topological polar surface area (TPSA) is 29.5 Å². The van der Waals surface area contributed by atoms with Crippen molar-refractivity contribution in [1.29, 1.82) is 0 Å². The lowest BCUT2D eigenvalue weighted by Gasteiger charge is -2.11. The average molecular weight is 358 g/mol. The minimum atomic E-state index is -0.443. The number of hydrogen-bond donors (Lipinski definition) is 1. The first-order valence-electron chi connectivity index (χ1n) is 5.46. The Morgan fingerprint density at radius 1 is 1.17 bits per heavy atom. The summed E-state index contributed by atoms with van der Waals surface area (Å²) in [4.78, 5) is 0. The molecule has 0 spiro atoms. The molecule has 2 rings (SSSR count). The van der Waals surface area contributed by atoms with Crippen LogP contribution in [0.2, 0.25) is 0 Å². The Kier molecular flexibility index (Phi) is 4.54. The van der Waals surface area contributed by atoms with E-state index in [9.17, 15) is 9.50 Å². The van der Waals surface area contributed by atoms with Crippen LogP contribution >= 0.6 is 22.6 Å². The molecule has 0 aliphatic carbocycles. The molecule has 0 bridgehead atoms. The maximum atomic E-state index is 13.8. The molecule has 0 heterocycles. The summed E-state index contributed by atoms with van der Waals surface area (Å²) in [7, 11) is 0. The molecule has 0 atom stereocenters. The van der Waals surface area contributed by atoms with Crippen molar-refractivity contribution in [3.05, 3.63) is 63.0 Å². The molecule has 94 valence electrons. The Morgan fingerprint density at radius 3 is 2.56 bits per heavy atom. The summed E-state index contributed by atoms with van der Waals surface area (Å²) in [6.07, 6.45) is 0. The molecule has 4 heteroatoms. The van der Waals surface area contributed by atoms with Crippen LogP contribution in [0.3, 0.4) is 0 Å². The predicted molar refractivity (Wildman–Crippen MR) is 75.8 cm³/mol. The van der Waals surface area contributed by atoms with Crippen molar-refractivity contribution in [3.63, 3.8) is 0 Å². The lowest BCUT2D eigenvalue weighted by molar-refractivity contribution is 0.251. The lowest BCUT2D eigenvalue weighted by Crippen LogP contribution is -2.01. The van der Waals surface area contributed by atoms with Gasteiger partial charge in [0.1, 0.15) is 6.61 Å². The maximum absolute atomic E-state index is 13.8. The Hall–Kier alpha value is -1.14. The smallest absolute Gasteiger partial charge is 0.166 e.